The molecule has 0 N–H and O–H groups in total. The number of rotatable bonds is 4. The third-order valence-corrected chi connectivity index (χ3v) is 3.30. The Morgan fingerprint density at radius 1 is 1.21 bits per heavy atom. The molecule has 2 rings (SSSR count). The molecule has 0 aliphatic rings. The molecule has 2 aromatic rings. The van der Waals surface area contributed by atoms with E-state index in [0.717, 1.165) is 10.6 Å². The lowest BCUT2D eigenvalue weighted by molar-refractivity contribution is 0.305. The van der Waals surface area contributed by atoms with E-state index in [0.29, 0.717) is 11.1 Å². The largest absolute Gasteiger partial charge is 0.489 e. The summed E-state index contributed by atoms with van der Waals surface area (Å²) in [5, 5.41) is 8.77. The molecule has 0 atom stereocenters. The van der Waals surface area contributed by atoms with Gasteiger partial charge in [-0.1, -0.05) is 0 Å². The van der Waals surface area contributed by atoms with Crippen LogP contribution in [0.1, 0.15) is 11.1 Å². The molecule has 0 heterocycles. The van der Waals surface area contributed by atoms with Crippen LogP contribution in [0.25, 0.3) is 0 Å². The quantitative estimate of drug-likeness (QED) is 0.789. The standard InChI is InChI=1S/C15H12FNOS/c1-19-15-4-2-14(3-5-15)18-10-12-6-11(9-17)7-13(16)8-12/h2-8H,10H2,1H3. The predicted molar refractivity (Wildman–Crippen MR) is 73.7 cm³/mol. The molecular formula is C15H12FNOS. The minimum Gasteiger partial charge on any atom is -0.489 e. The van der Waals surface area contributed by atoms with E-state index in [1.807, 2.05) is 36.6 Å². The van der Waals surface area contributed by atoms with Crippen molar-refractivity contribution in [2.75, 3.05) is 6.26 Å². The summed E-state index contributed by atoms with van der Waals surface area (Å²) in [5.74, 6) is 0.302. The van der Waals surface area contributed by atoms with E-state index in [4.69, 9.17) is 10.00 Å². The summed E-state index contributed by atoms with van der Waals surface area (Å²) < 4.78 is 18.8. The molecule has 2 aromatic carbocycles. The molecule has 0 aromatic heterocycles. The summed E-state index contributed by atoms with van der Waals surface area (Å²) in [6, 6.07) is 13.8. The number of hydrogen-bond donors (Lipinski definition) is 0. The zero-order chi connectivity index (χ0) is 13.7. The fourth-order valence-electron chi connectivity index (χ4n) is 1.64. The van der Waals surface area contributed by atoms with Crippen LogP contribution in [0.3, 0.4) is 0 Å². The molecule has 96 valence electrons. The number of benzene rings is 2. The lowest BCUT2D eigenvalue weighted by Crippen LogP contribution is -1.97. The van der Waals surface area contributed by atoms with Gasteiger partial charge in [-0.15, -0.1) is 11.8 Å². The van der Waals surface area contributed by atoms with E-state index < -0.39 is 5.82 Å². The Labute approximate surface area is 115 Å². The first kappa shape index (κ1) is 13.4. The molecule has 19 heavy (non-hydrogen) atoms. The maximum atomic E-state index is 13.2. The van der Waals surface area contributed by atoms with Crippen LogP contribution in [0.5, 0.6) is 5.75 Å². The van der Waals surface area contributed by atoms with Crippen LogP contribution in [-0.2, 0) is 6.61 Å². The van der Waals surface area contributed by atoms with Gasteiger partial charge in [-0.3, -0.25) is 0 Å². The normalized spacial score (nSPS) is 9.95. The van der Waals surface area contributed by atoms with E-state index in [2.05, 4.69) is 0 Å². The molecule has 0 unspecified atom stereocenters. The highest BCUT2D eigenvalue weighted by Crippen LogP contribution is 2.20. The molecule has 2 nitrogen and oxygen atoms in total. The summed E-state index contributed by atoms with van der Waals surface area (Å²) in [6.07, 6.45) is 2.01. The molecule has 0 aliphatic heterocycles. The van der Waals surface area contributed by atoms with Crippen molar-refractivity contribution in [3.63, 3.8) is 0 Å². The van der Waals surface area contributed by atoms with Gasteiger partial charge in [0.05, 0.1) is 11.6 Å². The lowest BCUT2D eigenvalue weighted by atomic mass is 10.1. The second-order valence-corrected chi connectivity index (χ2v) is 4.80. The zero-order valence-electron chi connectivity index (χ0n) is 10.4. The van der Waals surface area contributed by atoms with Crippen LogP contribution in [0.4, 0.5) is 4.39 Å². The maximum Gasteiger partial charge on any atom is 0.124 e. The molecule has 0 aliphatic carbocycles. The van der Waals surface area contributed by atoms with Crippen LogP contribution in [-0.4, -0.2) is 6.26 Å². The van der Waals surface area contributed by atoms with E-state index in [1.54, 1.807) is 17.8 Å². The van der Waals surface area contributed by atoms with Gasteiger partial charge < -0.3 is 4.74 Å². The fourth-order valence-corrected chi connectivity index (χ4v) is 2.05. The average Bonchev–Trinajstić information content (AvgIpc) is 2.45. The summed E-state index contributed by atoms with van der Waals surface area (Å²) in [6.45, 7) is 0.241. The second kappa shape index (κ2) is 6.26. The molecular weight excluding hydrogens is 261 g/mol. The average molecular weight is 273 g/mol. The molecule has 0 spiro atoms. The van der Waals surface area contributed by atoms with Gasteiger partial charge in [0.2, 0.25) is 0 Å². The number of nitrogens with zero attached hydrogens (tertiary/aromatic N) is 1. The third-order valence-electron chi connectivity index (χ3n) is 2.55. The highest BCUT2D eigenvalue weighted by Gasteiger charge is 2.02. The number of ether oxygens (including phenoxy) is 1. The first-order valence-electron chi connectivity index (χ1n) is 5.67. The Kier molecular flexibility index (Phi) is 4.43. The Bertz CT molecular complexity index is 605. The SMILES string of the molecule is CSc1ccc(OCc2cc(F)cc(C#N)c2)cc1. The molecule has 0 saturated heterocycles. The van der Waals surface area contributed by atoms with Crippen molar-refractivity contribution in [2.45, 2.75) is 11.5 Å². The zero-order valence-corrected chi connectivity index (χ0v) is 11.2. The smallest absolute Gasteiger partial charge is 0.124 e. The molecule has 0 radical (unpaired) electrons. The summed E-state index contributed by atoms with van der Waals surface area (Å²) in [4.78, 5) is 1.16. The summed E-state index contributed by atoms with van der Waals surface area (Å²) in [5.41, 5.74) is 0.946. The van der Waals surface area contributed by atoms with Gasteiger partial charge in [0.1, 0.15) is 18.2 Å². The van der Waals surface area contributed by atoms with Crippen LogP contribution < -0.4 is 4.74 Å². The number of halogens is 1. The monoisotopic (exact) mass is 273 g/mol. The van der Waals surface area contributed by atoms with Crippen molar-refractivity contribution in [3.05, 3.63) is 59.4 Å². The van der Waals surface area contributed by atoms with Crippen molar-refractivity contribution in [2.24, 2.45) is 0 Å². The number of thioether (sulfide) groups is 1. The van der Waals surface area contributed by atoms with Crippen LogP contribution in [0.15, 0.2) is 47.4 Å². The molecule has 4 heteroatoms. The minimum absolute atomic E-state index is 0.241. The van der Waals surface area contributed by atoms with E-state index >= 15 is 0 Å². The molecule has 0 fully saturated rings. The van der Waals surface area contributed by atoms with Crippen molar-refractivity contribution in [3.8, 4) is 11.8 Å². The van der Waals surface area contributed by atoms with Crippen molar-refractivity contribution in [1.82, 2.24) is 0 Å². The van der Waals surface area contributed by atoms with Gasteiger partial charge >= 0.3 is 0 Å². The van der Waals surface area contributed by atoms with E-state index in [9.17, 15) is 4.39 Å². The predicted octanol–water partition coefficient (Wildman–Crippen LogP) is 4.00. The van der Waals surface area contributed by atoms with Crippen molar-refractivity contribution in [1.29, 1.82) is 5.26 Å². The number of hydrogen-bond acceptors (Lipinski definition) is 3. The molecule has 0 bridgehead atoms. The van der Waals surface area contributed by atoms with Gasteiger partial charge in [0.15, 0.2) is 0 Å². The first-order chi connectivity index (χ1) is 9.21. The number of nitriles is 1. The Hall–Kier alpha value is -1.99. The van der Waals surface area contributed by atoms with Crippen LogP contribution >= 0.6 is 11.8 Å². The Balaban J connectivity index is 2.05. The van der Waals surface area contributed by atoms with Gasteiger partial charge in [0, 0.05) is 4.90 Å². The summed E-state index contributed by atoms with van der Waals surface area (Å²) in [7, 11) is 0. The minimum atomic E-state index is -0.421. The fraction of sp³-hybridized carbons (Fsp3) is 0.133. The van der Waals surface area contributed by atoms with Gasteiger partial charge in [-0.05, 0) is 54.3 Å². The summed E-state index contributed by atoms with van der Waals surface area (Å²) >= 11 is 1.66. The van der Waals surface area contributed by atoms with Crippen molar-refractivity contribution < 1.29 is 9.13 Å². The molecule has 0 saturated carbocycles. The topological polar surface area (TPSA) is 33.0 Å². The van der Waals surface area contributed by atoms with Gasteiger partial charge in [-0.25, -0.2) is 4.39 Å². The van der Waals surface area contributed by atoms with E-state index in [-0.39, 0.29) is 6.61 Å². The lowest BCUT2D eigenvalue weighted by Gasteiger charge is -2.07. The first-order valence-corrected chi connectivity index (χ1v) is 6.90. The van der Waals surface area contributed by atoms with Gasteiger partial charge in [-0.2, -0.15) is 5.26 Å². The second-order valence-electron chi connectivity index (χ2n) is 3.92. The molecule has 0 amide bonds. The van der Waals surface area contributed by atoms with Gasteiger partial charge in [0.25, 0.3) is 0 Å². The maximum absolute atomic E-state index is 13.2. The van der Waals surface area contributed by atoms with Crippen LogP contribution in [0, 0.1) is 17.1 Å². The third kappa shape index (κ3) is 3.73. The van der Waals surface area contributed by atoms with Crippen molar-refractivity contribution >= 4 is 11.8 Å². The highest BCUT2D eigenvalue weighted by atomic mass is 32.2. The van der Waals surface area contributed by atoms with Crippen LogP contribution in [0.2, 0.25) is 0 Å². The van der Waals surface area contributed by atoms with E-state index in [1.165, 1.54) is 12.1 Å². The highest BCUT2D eigenvalue weighted by molar-refractivity contribution is 7.98. The Morgan fingerprint density at radius 3 is 2.58 bits per heavy atom. The Morgan fingerprint density at radius 2 is 1.95 bits per heavy atom.